The first-order valence-electron chi connectivity index (χ1n) is 7.31. The largest absolute Gasteiger partial charge is 0.311 e. The van der Waals surface area contributed by atoms with E-state index in [9.17, 15) is 4.39 Å². The van der Waals surface area contributed by atoms with Crippen molar-refractivity contribution in [3.05, 3.63) is 35.6 Å². The first-order chi connectivity index (χ1) is 9.08. The lowest BCUT2D eigenvalue weighted by atomic mass is 9.89. The molecular formula is C16H23FN2. The molecular weight excluding hydrogens is 239 g/mol. The van der Waals surface area contributed by atoms with Gasteiger partial charge in [-0.1, -0.05) is 12.1 Å². The molecule has 2 nitrogen and oxygen atoms in total. The minimum Gasteiger partial charge on any atom is -0.311 e. The van der Waals surface area contributed by atoms with Crippen molar-refractivity contribution < 1.29 is 4.39 Å². The van der Waals surface area contributed by atoms with Gasteiger partial charge < -0.3 is 5.32 Å². The van der Waals surface area contributed by atoms with E-state index in [1.165, 1.54) is 18.9 Å². The van der Waals surface area contributed by atoms with Crippen molar-refractivity contribution in [1.82, 2.24) is 10.2 Å². The quantitative estimate of drug-likeness (QED) is 0.901. The predicted octanol–water partition coefficient (Wildman–Crippen LogP) is 2.79. The van der Waals surface area contributed by atoms with Gasteiger partial charge in [0.25, 0.3) is 0 Å². The fourth-order valence-electron chi connectivity index (χ4n) is 3.30. The lowest BCUT2D eigenvalue weighted by molar-refractivity contribution is 0.0311. The third-order valence-electron chi connectivity index (χ3n) is 4.74. The van der Waals surface area contributed by atoms with Crippen molar-refractivity contribution >= 4 is 0 Å². The van der Waals surface area contributed by atoms with Gasteiger partial charge in [0.15, 0.2) is 0 Å². The molecule has 2 fully saturated rings. The van der Waals surface area contributed by atoms with Crippen LogP contribution in [0.1, 0.15) is 32.3 Å². The first-order valence-corrected chi connectivity index (χ1v) is 7.31. The van der Waals surface area contributed by atoms with Gasteiger partial charge in [-0.3, -0.25) is 4.90 Å². The van der Waals surface area contributed by atoms with Crippen LogP contribution >= 0.6 is 0 Å². The second-order valence-corrected chi connectivity index (χ2v) is 6.42. The number of hydrogen-bond donors (Lipinski definition) is 1. The van der Waals surface area contributed by atoms with Gasteiger partial charge in [0.2, 0.25) is 0 Å². The molecule has 1 saturated carbocycles. The van der Waals surface area contributed by atoms with E-state index in [1.807, 2.05) is 12.1 Å². The van der Waals surface area contributed by atoms with Crippen molar-refractivity contribution in [3.63, 3.8) is 0 Å². The van der Waals surface area contributed by atoms with E-state index in [0.717, 1.165) is 31.1 Å². The molecule has 104 valence electrons. The van der Waals surface area contributed by atoms with E-state index in [0.29, 0.717) is 6.04 Å². The highest BCUT2D eigenvalue weighted by Crippen LogP contribution is 2.44. The maximum absolute atomic E-state index is 13.3. The molecule has 0 radical (unpaired) electrons. The molecule has 1 aromatic carbocycles. The zero-order valence-corrected chi connectivity index (χ0v) is 11.8. The minimum atomic E-state index is -0.131. The number of piperazine rings is 1. The van der Waals surface area contributed by atoms with E-state index < -0.39 is 0 Å². The monoisotopic (exact) mass is 262 g/mol. The van der Waals surface area contributed by atoms with Gasteiger partial charge in [-0.05, 0) is 50.3 Å². The summed E-state index contributed by atoms with van der Waals surface area (Å²) in [4.78, 5) is 2.56. The zero-order valence-electron chi connectivity index (χ0n) is 11.8. The number of nitrogens with zero attached hydrogens (tertiary/aromatic N) is 1. The fraction of sp³-hybridized carbons (Fsp3) is 0.625. The van der Waals surface area contributed by atoms with Crippen LogP contribution in [0.25, 0.3) is 0 Å². The van der Waals surface area contributed by atoms with Crippen LogP contribution in [0.2, 0.25) is 0 Å². The van der Waals surface area contributed by atoms with Gasteiger partial charge in [0.1, 0.15) is 5.82 Å². The number of nitrogens with one attached hydrogen (secondary N) is 1. The Morgan fingerprint density at radius 2 is 2.21 bits per heavy atom. The fourth-order valence-corrected chi connectivity index (χ4v) is 3.30. The standard InChI is InChI=1S/C16H23FN2/c1-12-9-19(10-13-4-3-5-15(17)8-13)16(2,11-18-12)14-6-7-14/h3-5,8,12,14,18H,6-7,9-11H2,1-2H3. The Kier molecular flexibility index (Phi) is 3.35. The van der Waals surface area contributed by atoms with Gasteiger partial charge >= 0.3 is 0 Å². The van der Waals surface area contributed by atoms with Crippen LogP contribution in [-0.2, 0) is 6.54 Å². The summed E-state index contributed by atoms with van der Waals surface area (Å²) in [5.41, 5.74) is 1.32. The summed E-state index contributed by atoms with van der Waals surface area (Å²) < 4.78 is 13.3. The molecule has 19 heavy (non-hydrogen) atoms. The van der Waals surface area contributed by atoms with Gasteiger partial charge in [-0.2, -0.15) is 0 Å². The molecule has 1 N–H and O–H groups in total. The summed E-state index contributed by atoms with van der Waals surface area (Å²) in [5, 5.41) is 3.61. The van der Waals surface area contributed by atoms with E-state index >= 15 is 0 Å². The van der Waals surface area contributed by atoms with E-state index in [1.54, 1.807) is 6.07 Å². The lowest BCUT2D eigenvalue weighted by Gasteiger charge is -2.48. The highest BCUT2D eigenvalue weighted by Gasteiger charge is 2.47. The Labute approximate surface area is 115 Å². The van der Waals surface area contributed by atoms with Gasteiger partial charge in [-0.25, -0.2) is 4.39 Å². The maximum Gasteiger partial charge on any atom is 0.123 e. The van der Waals surface area contributed by atoms with Crippen LogP contribution in [0.3, 0.4) is 0 Å². The van der Waals surface area contributed by atoms with Crippen LogP contribution in [0.5, 0.6) is 0 Å². The third-order valence-corrected chi connectivity index (χ3v) is 4.74. The van der Waals surface area contributed by atoms with E-state index in [4.69, 9.17) is 0 Å². The number of rotatable bonds is 3. The van der Waals surface area contributed by atoms with Crippen LogP contribution in [-0.4, -0.2) is 29.6 Å². The van der Waals surface area contributed by atoms with Crippen LogP contribution in [0.15, 0.2) is 24.3 Å². The molecule has 2 atom stereocenters. The highest BCUT2D eigenvalue weighted by atomic mass is 19.1. The van der Waals surface area contributed by atoms with Crippen molar-refractivity contribution in [1.29, 1.82) is 0 Å². The molecule has 1 saturated heterocycles. The number of hydrogen-bond acceptors (Lipinski definition) is 2. The predicted molar refractivity (Wildman–Crippen MR) is 75.4 cm³/mol. The molecule has 3 heteroatoms. The minimum absolute atomic E-state index is 0.131. The first kappa shape index (κ1) is 13.1. The van der Waals surface area contributed by atoms with E-state index in [-0.39, 0.29) is 11.4 Å². The second-order valence-electron chi connectivity index (χ2n) is 6.42. The van der Waals surface area contributed by atoms with Crippen molar-refractivity contribution in [2.75, 3.05) is 13.1 Å². The van der Waals surface area contributed by atoms with Crippen LogP contribution in [0.4, 0.5) is 4.39 Å². The van der Waals surface area contributed by atoms with Crippen LogP contribution < -0.4 is 5.32 Å². The second kappa shape index (κ2) is 4.88. The number of halogens is 1. The topological polar surface area (TPSA) is 15.3 Å². The summed E-state index contributed by atoms with van der Waals surface area (Å²) in [6, 6.07) is 7.54. The van der Waals surface area contributed by atoms with Crippen molar-refractivity contribution in [3.8, 4) is 0 Å². The summed E-state index contributed by atoms with van der Waals surface area (Å²) in [7, 11) is 0. The average Bonchev–Trinajstić information content (AvgIpc) is 3.18. The van der Waals surface area contributed by atoms with Crippen LogP contribution in [0, 0.1) is 11.7 Å². The van der Waals surface area contributed by atoms with Gasteiger partial charge in [0.05, 0.1) is 0 Å². The Balaban J connectivity index is 1.79. The Bertz CT molecular complexity index is 458. The molecule has 3 rings (SSSR count). The maximum atomic E-state index is 13.3. The molecule has 1 aliphatic heterocycles. The summed E-state index contributed by atoms with van der Waals surface area (Å²) in [6.07, 6.45) is 2.68. The number of benzene rings is 1. The molecule has 0 amide bonds. The Hall–Kier alpha value is -0.930. The van der Waals surface area contributed by atoms with Gasteiger partial charge in [-0.15, -0.1) is 0 Å². The smallest absolute Gasteiger partial charge is 0.123 e. The van der Waals surface area contributed by atoms with Gasteiger partial charge in [0, 0.05) is 31.2 Å². The molecule has 0 aromatic heterocycles. The summed E-state index contributed by atoms with van der Waals surface area (Å²) >= 11 is 0. The molecule has 0 spiro atoms. The van der Waals surface area contributed by atoms with Crippen molar-refractivity contribution in [2.45, 2.75) is 44.8 Å². The molecule has 0 bridgehead atoms. The lowest BCUT2D eigenvalue weighted by Crippen LogP contribution is -2.63. The summed E-state index contributed by atoms with van der Waals surface area (Å²) in [6.45, 7) is 7.54. The molecule has 2 aliphatic rings. The Morgan fingerprint density at radius 1 is 1.42 bits per heavy atom. The zero-order chi connectivity index (χ0) is 13.5. The summed E-state index contributed by atoms with van der Waals surface area (Å²) in [5.74, 6) is 0.676. The average molecular weight is 262 g/mol. The third kappa shape index (κ3) is 2.67. The highest BCUT2D eigenvalue weighted by molar-refractivity contribution is 5.17. The van der Waals surface area contributed by atoms with E-state index in [2.05, 4.69) is 24.1 Å². The SMILES string of the molecule is CC1CN(Cc2cccc(F)c2)C(C)(C2CC2)CN1. The Morgan fingerprint density at radius 3 is 2.89 bits per heavy atom. The van der Waals surface area contributed by atoms with Crippen molar-refractivity contribution in [2.24, 2.45) is 5.92 Å². The normalized spacial score (nSPS) is 32.5. The molecule has 1 aliphatic carbocycles. The molecule has 1 aromatic rings. The molecule has 1 heterocycles. The molecule has 2 unspecified atom stereocenters.